The number of hydrogen-bond donors (Lipinski definition) is 1. The van der Waals surface area contributed by atoms with E-state index in [0.29, 0.717) is 50.6 Å². The van der Waals surface area contributed by atoms with Crippen molar-refractivity contribution in [3.05, 3.63) is 53.0 Å². The Morgan fingerprint density at radius 2 is 2.06 bits per heavy atom. The number of carbonyl (C=O) groups is 2. The van der Waals surface area contributed by atoms with E-state index in [9.17, 15) is 9.59 Å². The van der Waals surface area contributed by atoms with Crippen LogP contribution >= 0.6 is 0 Å². The molecule has 0 bridgehead atoms. The van der Waals surface area contributed by atoms with Gasteiger partial charge >= 0.3 is 5.97 Å². The van der Waals surface area contributed by atoms with Crippen LogP contribution in [0, 0.1) is 5.92 Å². The highest BCUT2D eigenvalue weighted by atomic mass is 16.5. The average molecular weight is 437 g/mol. The van der Waals surface area contributed by atoms with Gasteiger partial charge in [-0.1, -0.05) is 32.0 Å². The summed E-state index contributed by atoms with van der Waals surface area (Å²) in [7, 11) is 0. The number of fused-ring (bicyclic) bond motifs is 2. The standard InChI is InChI=1S/C25H32N4O3/c1-4-32-25(31)24-20-16-28(13-12-22(20)29(27-24)14-11-17(2)3)23(30)10-9-18-15-26-21-8-6-5-7-19(18)21/h5-8,15,17,26H,4,9-14,16H2,1-3H3. The topological polar surface area (TPSA) is 80.2 Å². The summed E-state index contributed by atoms with van der Waals surface area (Å²) in [6.07, 6.45) is 4.81. The first-order valence-corrected chi connectivity index (χ1v) is 11.6. The van der Waals surface area contributed by atoms with Crippen molar-refractivity contribution in [2.45, 2.75) is 59.5 Å². The summed E-state index contributed by atoms with van der Waals surface area (Å²) in [6, 6.07) is 8.14. The van der Waals surface area contributed by atoms with Gasteiger partial charge in [-0.25, -0.2) is 4.79 Å². The van der Waals surface area contributed by atoms with Crippen molar-refractivity contribution in [3.8, 4) is 0 Å². The molecule has 1 aliphatic rings. The molecule has 1 N–H and O–H groups in total. The number of H-pyrrole nitrogens is 1. The van der Waals surface area contributed by atoms with Crippen LogP contribution in [0.15, 0.2) is 30.5 Å². The SMILES string of the molecule is CCOC(=O)c1nn(CCC(C)C)c2c1CN(C(=O)CCc1c[nH]c3ccccc13)CC2. The molecule has 1 aromatic carbocycles. The second kappa shape index (κ2) is 9.59. The van der Waals surface area contributed by atoms with Crippen LogP contribution in [0.25, 0.3) is 10.9 Å². The number of aromatic nitrogens is 3. The second-order valence-electron chi connectivity index (χ2n) is 8.82. The molecule has 1 aliphatic heterocycles. The van der Waals surface area contributed by atoms with E-state index in [1.165, 1.54) is 0 Å². The maximum Gasteiger partial charge on any atom is 0.359 e. The first-order chi connectivity index (χ1) is 15.5. The largest absolute Gasteiger partial charge is 0.461 e. The lowest BCUT2D eigenvalue weighted by molar-refractivity contribution is -0.132. The number of rotatable bonds is 8. The summed E-state index contributed by atoms with van der Waals surface area (Å²) in [4.78, 5) is 30.7. The van der Waals surface area contributed by atoms with E-state index in [0.717, 1.165) is 40.7 Å². The van der Waals surface area contributed by atoms with Gasteiger partial charge in [0.15, 0.2) is 5.69 Å². The molecule has 0 saturated carbocycles. The molecule has 1 amide bonds. The summed E-state index contributed by atoms with van der Waals surface area (Å²) in [5.41, 5.74) is 4.51. The number of nitrogens with one attached hydrogen (secondary N) is 1. The van der Waals surface area contributed by atoms with Crippen LogP contribution in [-0.2, 0) is 35.5 Å². The van der Waals surface area contributed by atoms with E-state index >= 15 is 0 Å². The second-order valence-corrected chi connectivity index (χ2v) is 8.82. The number of para-hydroxylation sites is 1. The quantitative estimate of drug-likeness (QED) is 0.539. The van der Waals surface area contributed by atoms with Gasteiger partial charge in [0.1, 0.15) is 0 Å². The van der Waals surface area contributed by atoms with Crippen molar-refractivity contribution in [2.24, 2.45) is 5.92 Å². The number of hydrogen-bond acceptors (Lipinski definition) is 4. The van der Waals surface area contributed by atoms with E-state index in [4.69, 9.17) is 4.74 Å². The summed E-state index contributed by atoms with van der Waals surface area (Å²) in [5.74, 6) is 0.248. The van der Waals surface area contributed by atoms with E-state index in [2.05, 4.69) is 30.0 Å². The number of aromatic amines is 1. The van der Waals surface area contributed by atoms with E-state index in [-0.39, 0.29) is 5.91 Å². The molecule has 0 atom stereocenters. The van der Waals surface area contributed by atoms with Crippen LogP contribution in [0.1, 0.15) is 60.9 Å². The third kappa shape index (κ3) is 4.56. The van der Waals surface area contributed by atoms with E-state index in [1.54, 1.807) is 6.92 Å². The number of amides is 1. The minimum absolute atomic E-state index is 0.102. The smallest absolute Gasteiger partial charge is 0.359 e. The fraction of sp³-hybridized carbons (Fsp3) is 0.480. The highest BCUT2D eigenvalue weighted by Gasteiger charge is 2.30. The molecule has 3 heterocycles. The Morgan fingerprint density at radius 1 is 1.25 bits per heavy atom. The number of nitrogens with zero attached hydrogens (tertiary/aromatic N) is 3. The highest BCUT2D eigenvalue weighted by Crippen LogP contribution is 2.26. The molecule has 7 heteroatoms. The lowest BCUT2D eigenvalue weighted by atomic mass is 10.0. The molecule has 0 unspecified atom stereocenters. The molecular weight excluding hydrogens is 404 g/mol. The van der Waals surface area contributed by atoms with E-state index < -0.39 is 5.97 Å². The lowest BCUT2D eigenvalue weighted by Gasteiger charge is -2.28. The van der Waals surface area contributed by atoms with Crippen LogP contribution in [-0.4, -0.2) is 44.7 Å². The molecule has 7 nitrogen and oxygen atoms in total. The molecule has 0 radical (unpaired) electrons. The van der Waals surface area contributed by atoms with Crippen molar-refractivity contribution in [1.29, 1.82) is 0 Å². The first kappa shape index (κ1) is 22.1. The maximum absolute atomic E-state index is 13.0. The minimum Gasteiger partial charge on any atom is -0.461 e. The number of benzene rings is 1. The van der Waals surface area contributed by atoms with Gasteiger partial charge in [0, 0.05) is 60.8 Å². The molecule has 2 aromatic heterocycles. The minimum atomic E-state index is -0.403. The zero-order valence-corrected chi connectivity index (χ0v) is 19.2. The first-order valence-electron chi connectivity index (χ1n) is 11.6. The van der Waals surface area contributed by atoms with Crippen molar-refractivity contribution in [3.63, 3.8) is 0 Å². The van der Waals surface area contributed by atoms with Crippen LogP contribution in [0.5, 0.6) is 0 Å². The molecule has 32 heavy (non-hydrogen) atoms. The average Bonchev–Trinajstić information content (AvgIpc) is 3.37. The number of aryl methyl sites for hydroxylation is 2. The molecular formula is C25H32N4O3. The Kier molecular flexibility index (Phi) is 6.63. The van der Waals surface area contributed by atoms with Crippen LogP contribution in [0.3, 0.4) is 0 Å². The maximum atomic E-state index is 13.0. The van der Waals surface area contributed by atoms with Crippen molar-refractivity contribution in [1.82, 2.24) is 19.7 Å². The lowest BCUT2D eigenvalue weighted by Crippen LogP contribution is -2.37. The molecule has 0 spiro atoms. The van der Waals surface area contributed by atoms with Gasteiger partial charge in [-0.2, -0.15) is 5.10 Å². The fourth-order valence-corrected chi connectivity index (χ4v) is 4.37. The van der Waals surface area contributed by atoms with Gasteiger partial charge in [-0.15, -0.1) is 0 Å². The van der Waals surface area contributed by atoms with Crippen molar-refractivity contribution >= 4 is 22.8 Å². The van der Waals surface area contributed by atoms with Crippen LogP contribution < -0.4 is 0 Å². The molecule has 0 aliphatic carbocycles. The fourth-order valence-electron chi connectivity index (χ4n) is 4.37. The van der Waals surface area contributed by atoms with Gasteiger partial charge in [0.25, 0.3) is 0 Å². The Labute approximate surface area is 188 Å². The van der Waals surface area contributed by atoms with Gasteiger partial charge in [-0.05, 0) is 37.3 Å². The molecule has 170 valence electrons. The van der Waals surface area contributed by atoms with Crippen molar-refractivity contribution < 1.29 is 14.3 Å². The zero-order chi connectivity index (χ0) is 22.7. The van der Waals surface area contributed by atoms with E-state index in [1.807, 2.05) is 34.0 Å². The Balaban J connectivity index is 1.48. The summed E-state index contributed by atoms with van der Waals surface area (Å²) in [5, 5.41) is 5.76. The van der Waals surface area contributed by atoms with Crippen LogP contribution in [0.2, 0.25) is 0 Å². The van der Waals surface area contributed by atoms with Gasteiger partial charge in [0.2, 0.25) is 5.91 Å². The van der Waals surface area contributed by atoms with Gasteiger partial charge in [-0.3, -0.25) is 9.48 Å². The van der Waals surface area contributed by atoms with Gasteiger partial charge < -0.3 is 14.6 Å². The normalized spacial score (nSPS) is 13.6. The van der Waals surface area contributed by atoms with Crippen molar-refractivity contribution in [2.75, 3.05) is 13.2 Å². The highest BCUT2D eigenvalue weighted by molar-refractivity contribution is 5.90. The summed E-state index contributed by atoms with van der Waals surface area (Å²) in [6.45, 7) is 8.29. The monoisotopic (exact) mass is 436 g/mol. The predicted molar refractivity (Wildman–Crippen MR) is 123 cm³/mol. The molecule has 0 fully saturated rings. The Bertz CT molecular complexity index is 1110. The molecule has 4 rings (SSSR count). The Morgan fingerprint density at radius 3 is 2.84 bits per heavy atom. The number of ether oxygens (including phenoxy) is 1. The zero-order valence-electron chi connectivity index (χ0n) is 19.2. The number of carbonyl (C=O) groups excluding carboxylic acids is 2. The summed E-state index contributed by atoms with van der Waals surface area (Å²) < 4.78 is 7.20. The molecule has 0 saturated heterocycles. The van der Waals surface area contributed by atoms with Gasteiger partial charge in [0.05, 0.1) is 6.61 Å². The number of esters is 1. The molecule has 3 aromatic rings. The third-order valence-corrected chi connectivity index (χ3v) is 6.16. The Hall–Kier alpha value is -3.09. The summed E-state index contributed by atoms with van der Waals surface area (Å²) >= 11 is 0. The predicted octanol–water partition coefficient (Wildman–Crippen LogP) is 4.10. The van der Waals surface area contributed by atoms with Crippen LogP contribution in [0.4, 0.5) is 0 Å². The third-order valence-electron chi connectivity index (χ3n) is 6.16.